The van der Waals surface area contributed by atoms with E-state index in [1.807, 2.05) is 26.0 Å². The topological polar surface area (TPSA) is 75.7 Å². The Kier molecular flexibility index (Phi) is 7.66. The second-order valence-electron chi connectivity index (χ2n) is 8.03. The highest BCUT2D eigenvalue weighted by atomic mass is 32.2. The molecule has 0 aliphatic heterocycles. The average Bonchev–Trinajstić information content (AvgIpc) is 2.69. The smallest absolute Gasteiger partial charge is 0.261 e. The predicted molar refractivity (Wildman–Crippen MR) is 119 cm³/mol. The minimum atomic E-state index is -3.48. The van der Waals surface area contributed by atoms with E-state index in [-0.39, 0.29) is 16.8 Å². The maximum absolute atomic E-state index is 12.6. The summed E-state index contributed by atoms with van der Waals surface area (Å²) < 4.78 is 31.5. The van der Waals surface area contributed by atoms with Crippen LogP contribution in [0.25, 0.3) is 0 Å². The lowest BCUT2D eigenvalue weighted by Gasteiger charge is -2.21. The summed E-state index contributed by atoms with van der Waals surface area (Å²) in [4.78, 5) is 12.9. The number of nitrogens with zero attached hydrogens (tertiary/aromatic N) is 1. The van der Waals surface area contributed by atoms with Gasteiger partial charge in [0.2, 0.25) is 10.0 Å². The van der Waals surface area contributed by atoms with Crippen molar-refractivity contribution in [2.45, 2.75) is 57.6 Å². The minimum Gasteiger partial charge on any atom is -0.481 e. The molecular weight excluding hydrogens is 400 g/mol. The van der Waals surface area contributed by atoms with Gasteiger partial charge in [0.25, 0.3) is 5.91 Å². The molecule has 0 saturated carbocycles. The molecule has 0 fully saturated rings. The number of sulfonamides is 1. The summed E-state index contributed by atoms with van der Waals surface area (Å²) in [7, 11) is -0.494. The molecule has 0 aromatic heterocycles. The Morgan fingerprint density at radius 2 is 1.53 bits per heavy atom. The molecule has 1 amide bonds. The number of amides is 1. The predicted octanol–water partition coefficient (Wildman–Crippen LogP) is 4.01. The Morgan fingerprint density at radius 3 is 2.07 bits per heavy atom. The fourth-order valence-corrected chi connectivity index (χ4v) is 3.80. The molecule has 30 heavy (non-hydrogen) atoms. The summed E-state index contributed by atoms with van der Waals surface area (Å²) in [5.74, 6) is 0.841. The van der Waals surface area contributed by atoms with Gasteiger partial charge in [0.15, 0.2) is 6.10 Å². The lowest BCUT2D eigenvalue weighted by Crippen LogP contribution is -2.37. The van der Waals surface area contributed by atoms with E-state index in [9.17, 15) is 13.2 Å². The highest BCUT2D eigenvalue weighted by Gasteiger charge is 2.20. The van der Waals surface area contributed by atoms with Gasteiger partial charge >= 0.3 is 0 Å². The second kappa shape index (κ2) is 9.62. The fraction of sp³-hybridized carbons (Fsp3) is 0.435. The second-order valence-corrected chi connectivity index (χ2v) is 10.2. The molecule has 0 bridgehead atoms. The third-order valence-electron chi connectivity index (χ3n) is 5.07. The van der Waals surface area contributed by atoms with E-state index >= 15 is 0 Å². The minimum absolute atomic E-state index is 0.215. The van der Waals surface area contributed by atoms with Gasteiger partial charge in [-0.2, -0.15) is 0 Å². The van der Waals surface area contributed by atoms with E-state index in [4.69, 9.17) is 4.74 Å². The van der Waals surface area contributed by atoms with Crippen LogP contribution in [0.1, 0.15) is 56.3 Å². The lowest BCUT2D eigenvalue weighted by atomic mass is 10.0. The van der Waals surface area contributed by atoms with Crippen molar-refractivity contribution in [2.75, 3.05) is 14.1 Å². The van der Waals surface area contributed by atoms with Crippen LogP contribution in [0, 0.1) is 6.92 Å². The molecule has 2 aromatic rings. The fourth-order valence-electron chi connectivity index (χ4n) is 2.90. The Balaban J connectivity index is 2.06. The highest BCUT2D eigenvalue weighted by Crippen LogP contribution is 2.25. The maximum Gasteiger partial charge on any atom is 0.261 e. The number of hydrogen-bond acceptors (Lipinski definition) is 4. The Bertz CT molecular complexity index is 983. The van der Waals surface area contributed by atoms with Crippen molar-refractivity contribution in [1.82, 2.24) is 9.62 Å². The van der Waals surface area contributed by atoms with Crippen LogP contribution in [-0.4, -0.2) is 38.8 Å². The van der Waals surface area contributed by atoms with Crippen LogP contribution in [0.5, 0.6) is 5.75 Å². The molecule has 0 spiro atoms. The summed E-state index contributed by atoms with van der Waals surface area (Å²) in [5.41, 5.74) is 2.94. The zero-order valence-electron chi connectivity index (χ0n) is 18.8. The lowest BCUT2D eigenvalue weighted by molar-refractivity contribution is -0.127. The molecule has 2 rings (SSSR count). The Labute approximate surface area is 180 Å². The number of ether oxygens (including phenoxy) is 1. The van der Waals surface area contributed by atoms with Crippen LogP contribution in [-0.2, 0) is 14.8 Å². The van der Waals surface area contributed by atoms with Crippen molar-refractivity contribution < 1.29 is 17.9 Å². The molecule has 7 heteroatoms. The summed E-state index contributed by atoms with van der Waals surface area (Å²) in [6, 6.07) is 12.3. The number of benzene rings is 2. The molecule has 2 aromatic carbocycles. The van der Waals surface area contributed by atoms with Crippen molar-refractivity contribution in [1.29, 1.82) is 0 Å². The van der Waals surface area contributed by atoms with Crippen LogP contribution >= 0.6 is 0 Å². The van der Waals surface area contributed by atoms with Gasteiger partial charge in [0, 0.05) is 14.1 Å². The van der Waals surface area contributed by atoms with Crippen molar-refractivity contribution in [3.63, 3.8) is 0 Å². The molecule has 0 aliphatic carbocycles. The van der Waals surface area contributed by atoms with Crippen LogP contribution in [0.4, 0.5) is 0 Å². The molecule has 0 aliphatic rings. The van der Waals surface area contributed by atoms with E-state index in [0.717, 1.165) is 16.7 Å². The van der Waals surface area contributed by atoms with Crippen molar-refractivity contribution in [2.24, 2.45) is 0 Å². The summed E-state index contributed by atoms with van der Waals surface area (Å²) in [5, 5.41) is 2.93. The molecule has 164 valence electrons. The van der Waals surface area contributed by atoms with Gasteiger partial charge in [-0.1, -0.05) is 38.1 Å². The monoisotopic (exact) mass is 432 g/mol. The molecule has 2 unspecified atom stereocenters. The summed E-state index contributed by atoms with van der Waals surface area (Å²) in [6.07, 6.45) is -0.665. The summed E-state index contributed by atoms with van der Waals surface area (Å²) in [6.45, 7) is 9.75. The molecule has 0 saturated heterocycles. The zero-order chi connectivity index (χ0) is 22.6. The first-order chi connectivity index (χ1) is 13.9. The Hall–Kier alpha value is -2.38. The molecular formula is C23H32N2O4S. The third kappa shape index (κ3) is 5.61. The van der Waals surface area contributed by atoms with Crippen LogP contribution in [0.15, 0.2) is 47.4 Å². The molecule has 2 atom stereocenters. The first-order valence-corrected chi connectivity index (χ1v) is 11.5. The number of hydrogen-bond donors (Lipinski definition) is 1. The van der Waals surface area contributed by atoms with Crippen LogP contribution in [0.2, 0.25) is 0 Å². The Morgan fingerprint density at radius 1 is 0.967 bits per heavy atom. The normalized spacial score (nSPS) is 13.9. The van der Waals surface area contributed by atoms with E-state index in [0.29, 0.717) is 11.7 Å². The van der Waals surface area contributed by atoms with Gasteiger partial charge in [-0.15, -0.1) is 0 Å². The average molecular weight is 433 g/mol. The van der Waals surface area contributed by atoms with Gasteiger partial charge in [-0.3, -0.25) is 4.79 Å². The number of nitrogens with one attached hydrogen (secondary N) is 1. The van der Waals surface area contributed by atoms with Crippen molar-refractivity contribution >= 4 is 15.9 Å². The van der Waals surface area contributed by atoms with E-state index in [1.165, 1.54) is 18.4 Å². The zero-order valence-corrected chi connectivity index (χ0v) is 19.6. The number of carbonyl (C=O) groups is 1. The van der Waals surface area contributed by atoms with Gasteiger partial charge in [0.05, 0.1) is 10.9 Å². The SMILES string of the molecule is Cc1ccc(C(C)C)cc1OC(C)C(=O)NC(C)c1ccc(S(=O)(=O)N(C)C)cc1. The third-order valence-corrected chi connectivity index (χ3v) is 6.90. The highest BCUT2D eigenvalue weighted by molar-refractivity contribution is 7.89. The first-order valence-electron chi connectivity index (χ1n) is 10.0. The summed E-state index contributed by atoms with van der Waals surface area (Å²) >= 11 is 0. The molecule has 0 radical (unpaired) electrons. The molecule has 6 nitrogen and oxygen atoms in total. The maximum atomic E-state index is 12.6. The molecule has 0 heterocycles. The van der Waals surface area contributed by atoms with Gasteiger partial charge in [0.1, 0.15) is 5.75 Å². The molecule has 1 N–H and O–H groups in total. The van der Waals surface area contributed by atoms with Gasteiger partial charge < -0.3 is 10.1 Å². The van der Waals surface area contributed by atoms with E-state index in [1.54, 1.807) is 31.2 Å². The van der Waals surface area contributed by atoms with E-state index in [2.05, 4.69) is 25.2 Å². The quantitative estimate of drug-likeness (QED) is 0.684. The number of aryl methyl sites for hydroxylation is 1. The largest absolute Gasteiger partial charge is 0.481 e. The van der Waals surface area contributed by atoms with Crippen LogP contribution < -0.4 is 10.1 Å². The van der Waals surface area contributed by atoms with Crippen molar-refractivity contribution in [3.8, 4) is 5.75 Å². The van der Waals surface area contributed by atoms with Crippen LogP contribution in [0.3, 0.4) is 0 Å². The standard InChI is InChI=1S/C23H32N2O4S/c1-15(2)20-9-8-16(3)22(14-20)29-18(5)23(26)24-17(4)19-10-12-21(13-11-19)30(27,28)25(6)7/h8-15,17-18H,1-7H3,(H,24,26). The number of carbonyl (C=O) groups excluding carboxylic acids is 1. The van der Waals surface area contributed by atoms with Gasteiger partial charge in [-0.25, -0.2) is 12.7 Å². The van der Waals surface area contributed by atoms with Gasteiger partial charge in [-0.05, 0) is 61.6 Å². The van der Waals surface area contributed by atoms with Crippen molar-refractivity contribution in [3.05, 3.63) is 59.2 Å². The van der Waals surface area contributed by atoms with E-state index < -0.39 is 16.1 Å². The number of rotatable bonds is 8. The first kappa shape index (κ1) is 23.9.